The molecule has 0 aliphatic carbocycles. The zero-order chi connectivity index (χ0) is 11.5. The Kier molecular flexibility index (Phi) is 4.81. The predicted molar refractivity (Wildman–Crippen MR) is 72.5 cm³/mol. The zero-order valence-electron chi connectivity index (χ0n) is 9.93. The van der Waals surface area contributed by atoms with E-state index in [4.69, 9.17) is 0 Å². The van der Waals surface area contributed by atoms with Crippen LogP contribution in [0.4, 0.5) is 0 Å². The van der Waals surface area contributed by atoms with Crippen LogP contribution in [0.5, 0.6) is 0 Å². The van der Waals surface area contributed by atoms with Crippen LogP contribution >= 0.6 is 27.3 Å². The zero-order valence-corrected chi connectivity index (χ0v) is 12.3. The SMILES string of the molecule is CCNC(c1cscc1Br)C(C)(C)CC. The Labute approximate surface area is 105 Å². The van der Waals surface area contributed by atoms with Gasteiger partial charge < -0.3 is 5.32 Å². The molecule has 86 valence electrons. The molecule has 0 amide bonds. The lowest BCUT2D eigenvalue weighted by Crippen LogP contribution is -2.33. The van der Waals surface area contributed by atoms with Crippen LogP contribution in [0.1, 0.15) is 45.7 Å². The number of halogens is 1. The second kappa shape index (κ2) is 5.46. The van der Waals surface area contributed by atoms with Crippen molar-refractivity contribution < 1.29 is 0 Å². The summed E-state index contributed by atoms with van der Waals surface area (Å²) >= 11 is 5.39. The molecule has 3 heteroatoms. The molecule has 1 aromatic rings. The largest absolute Gasteiger partial charge is 0.310 e. The van der Waals surface area contributed by atoms with E-state index in [0.29, 0.717) is 11.5 Å². The summed E-state index contributed by atoms with van der Waals surface area (Å²) in [6.45, 7) is 10.1. The summed E-state index contributed by atoms with van der Waals surface area (Å²) in [5.74, 6) is 0. The number of nitrogens with one attached hydrogen (secondary N) is 1. The van der Waals surface area contributed by atoms with Gasteiger partial charge in [0.15, 0.2) is 0 Å². The molecule has 1 unspecified atom stereocenters. The summed E-state index contributed by atoms with van der Waals surface area (Å²) < 4.78 is 1.24. The van der Waals surface area contributed by atoms with Crippen molar-refractivity contribution in [1.82, 2.24) is 5.32 Å². The monoisotopic (exact) mass is 289 g/mol. The van der Waals surface area contributed by atoms with Crippen LogP contribution < -0.4 is 5.32 Å². The highest BCUT2D eigenvalue weighted by Gasteiger charge is 2.29. The molecule has 1 nitrogen and oxygen atoms in total. The first-order chi connectivity index (χ1) is 7.03. The number of hydrogen-bond acceptors (Lipinski definition) is 2. The summed E-state index contributed by atoms with van der Waals surface area (Å²) in [6, 6.07) is 0.438. The van der Waals surface area contributed by atoms with Gasteiger partial charge in [-0.3, -0.25) is 0 Å². The van der Waals surface area contributed by atoms with Crippen LogP contribution in [0.3, 0.4) is 0 Å². The van der Waals surface area contributed by atoms with Gasteiger partial charge in [-0.25, -0.2) is 0 Å². The molecule has 0 aromatic carbocycles. The fraction of sp³-hybridized carbons (Fsp3) is 0.667. The van der Waals surface area contributed by atoms with Crippen LogP contribution in [0.25, 0.3) is 0 Å². The highest BCUT2D eigenvalue weighted by molar-refractivity contribution is 9.10. The summed E-state index contributed by atoms with van der Waals surface area (Å²) in [6.07, 6.45) is 1.17. The molecule has 15 heavy (non-hydrogen) atoms. The normalized spacial score (nSPS) is 14.2. The minimum absolute atomic E-state index is 0.291. The quantitative estimate of drug-likeness (QED) is 0.836. The number of rotatable bonds is 5. The van der Waals surface area contributed by atoms with Crippen molar-refractivity contribution in [3.8, 4) is 0 Å². The van der Waals surface area contributed by atoms with Crippen LogP contribution in [-0.4, -0.2) is 6.54 Å². The Morgan fingerprint density at radius 3 is 2.47 bits per heavy atom. The molecule has 1 rings (SSSR count). The maximum atomic E-state index is 3.63. The maximum Gasteiger partial charge on any atom is 0.0391 e. The van der Waals surface area contributed by atoms with E-state index in [9.17, 15) is 0 Å². The molecule has 1 N–H and O–H groups in total. The van der Waals surface area contributed by atoms with E-state index in [-0.39, 0.29) is 0 Å². The van der Waals surface area contributed by atoms with E-state index >= 15 is 0 Å². The molecule has 0 saturated heterocycles. The standard InChI is InChI=1S/C12H20BrNS/c1-5-12(3,4)11(14-6-2)9-7-15-8-10(9)13/h7-8,11,14H,5-6H2,1-4H3. The summed E-state index contributed by atoms with van der Waals surface area (Å²) in [5, 5.41) is 8.00. The smallest absolute Gasteiger partial charge is 0.0391 e. The van der Waals surface area contributed by atoms with Gasteiger partial charge in [-0.1, -0.05) is 27.7 Å². The van der Waals surface area contributed by atoms with Crippen molar-refractivity contribution in [1.29, 1.82) is 0 Å². The van der Waals surface area contributed by atoms with Gasteiger partial charge in [-0.2, -0.15) is 11.3 Å². The first-order valence-electron chi connectivity index (χ1n) is 5.48. The Morgan fingerprint density at radius 1 is 1.40 bits per heavy atom. The Bertz CT molecular complexity index is 306. The van der Waals surface area contributed by atoms with Gasteiger partial charge >= 0.3 is 0 Å². The van der Waals surface area contributed by atoms with Gasteiger partial charge in [0.05, 0.1) is 0 Å². The van der Waals surface area contributed by atoms with Crippen LogP contribution in [-0.2, 0) is 0 Å². The average molecular weight is 290 g/mol. The van der Waals surface area contributed by atoms with Gasteiger partial charge in [-0.15, -0.1) is 0 Å². The third kappa shape index (κ3) is 3.05. The van der Waals surface area contributed by atoms with Gasteiger partial charge in [0.1, 0.15) is 0 Å². The van der Waals surface area contributed by atoms with E-state index in [1.807, 2.05) is 0 Å². The van der Waals surface area contributed by atoms with Crippen molar-refractivity contribution in [3.05, 3.63) is 20.8 Å². The van der Waals surface area contributed by atoms with Gasteiger partial charge in [-0.05, 0) is 45.3 Å². The minimum atomic E-state index is 0.291. The molecule has 1 atom stereocenters. The van der Waals surface area contributed by atoms with Crippen LogP contribution in [0.15, 0.2) is 15.2 Å². The van der Waals surface area contributed by atoms with Crippen molar-refractivity contribution in [2.45, 2.75) is 40.2 Å². The first-order valence-corrected chi connectivity index (χ1v) is 7.21. The van der Waals surface area contributed by atoms with E-state index in [1.54, 1.807) is 11.3 Å². The molecule has 0 aliphatic heterocycles. The first kappa shape index (κ1) is 13.2. The van der Waals surface area contributed by atoms with E-state index in [0.717, 1.165) is 6.54 Å². The van der Waals surface area contributed by atoms with E-state index in [2.05, 4.69) is 59.7 Å². The minimum Gasteiger partial charge on any atom is -0.310 e. The van der Waals surface area contributed by atoms with Gasteiger partial charge in [0, 0.05) is 15.9 Å². The Morgan fingerprint density at radius 2 is 2.07 bits per heavy atom. The molecule has 0 fully saturated rings. The van der Waals surface area contributed by atoms with Crippen LogP contribution in [0, 0.1) is 5.41 Å². The lowest BCUT2D eigenvalue weighted by atomic mass is 9.79. The molecule has 0 saturated carbocycles. The third-order valence-electron chi connectivity index (χ3n) is 3.05. The molecular weight excluding hydrogens is 270 g/mol. The lowest BCUT2D eigenvalue weighted by molar-refractivity contribution is 0.237. The predicted octanol–water partition coefficient (Wildman–Crippen LogP) is 4.60. The lowest BCUT2D eigenvalue weighted by Gasteiger charge is -2.34. The van der Waals surface area contributed by atoms with Crippen LogP contribution in [0.2, 0.25) is 0 Å². The molecule has 0 radical (unpaired) electrons. The number of hydrogen-bond donors (Lipinski definition) is 1. The molecule has 1 heterocycles. The molecule has 1 aromatic heterocycles. The molecule has 0 spiro atoms. The fourth-order valence-corrected chi connectivity index (χ4v) is 3.26. The summed E-state index contributed by atoms with van der Waals surface area (Å²) in [4.78, 5) is 0. The summed E-state index contributed by atoms with van der Waals surface area (Å²) in [5.41, 5.74) is 1.69. The van der Waals surface area contributed by atoms with Crippen molar-refractivity contribution in [3.63, 3.8) is 0 Å². The Hall–Kier alpha value is 0.140. The topological polar surface area (TPSA) is 12.0 Å². The highest BCUT2D eigenvalue weighted by Crippen LogP contribution is 2.40. The fourth-order valence-electron chi connectivity index (χ4n) is 1.71. The van der Waals surface area contributed by atoms with Crippen molar-refractivity contribution in [2.24, 2.45) is 5.41 Å². The highest BCUT2D eigenvalue weighted by atomic mass is 79.9. The van der Waals surface area contributed by atoms with Crippen molar-refractivity contribution in [2.75, 3.05) is 6.54 Å². The van der Waals surface area contributed by atoms with Gasteiger partial charge in [0.25, 0.3) is 0 Å². The number of thiophene rings is 1. The second-order valence-electron chi connectivity index (χ2n) is 4.51. The third-order valence-corrected chi connectivity index (χ3v) is 4.81. The molecular formula is C12H20BrNS. The second-order valence-corrected chi connectivity index (χ2v) is 6.11. The van der Waals surface area contributed by atoms with E-state index in [1.165, 1.54) is 16.5 Å². The van der Waals surface area contributed by atoms with E-state index < -0.39 is 0 Å². The summed E-state index contributed by atoms with van der Waals surface area (Å²) in [7, 11) is 0. The van der Waals surface area contributed by atoms with Crippen molar-refractivity contribution >= 4 is 27.3 Å². The van der Waals surface area contributed by atoms with Gasteiger partial charge in [0.2, 0.25) is 0 Å². The molecule has 0 aliphatic rings. The molecule has 0 bridgehead atoms. The average Bonchev–Trinajstić information content (AvgIpc) is 2.60. The Balaban J connectivity index is 2.98. The maximum absolute atomic E-state index is 3.63.